The van der Waals surface area contributed by atoms with E-state index in [0.29, 0.717) is 29.1 Å². The molecule has 178 valence electrons. The average Bonchev–Trinajstić information content (AvgIpc) is 3.23. The largest absolute Gasteiger partial charge is 0.487 e. The molecule has 2 aromatic rings. The summed E-state index contributed by atoms with van der Waals surface area (Å²) in [5.41, 5.74) is 5.86. The van der Waals surface area contributed by atoms with Crippen LogP contribution in [-0.4, -0.2) is 40.3 Å². The molecule has 9 heteroatoms. The van der Waals surface area contributed by atoms with Gasteiger partial charge in [0, 0.05) is 0 Å². The molecule has 1 aliphatic carbocycles. The number of rotatable bonds is 7. The molecular formula is C25H22ClF3N2O3. The van der Waals surface area contributed by atoms with Gasteiger partial charge in [-0.25, -0.2) is 5.43 Å². The van der Waals surface area contributed by atoms with Crippen LogP contribution in [0, 0.1) is 0 Å². The first-order chi connectivity index (χ1) is 16.2. The van der Waals surface area contributed by atoms with Crippen LogP contribution in [0.3, 0.4) is 0 Å². The van der Waals surface area contributed by atoms with Crippen LogP contribution in [0.15, 0.2) is 84.2 Å². The lowest BCUT2D eigenvalue weighted by Gasteiger charge is -2.30. The SMILES string of the molecule is O=C(O)Cc1ccc(-c2ccc(OCC3=CC(C(F)(F)F)NN3C3=CC=CCC3Cl)cc2)cc1. The predicted molar refractivity (Wildman–Crippen MR) is 123 cm³/mol. The number of carbonyl (C=O) groups is 1. The highest BCUT2D eigenvalue weighted by molar-refractivity contribution is 6.22. The van der Waals surface area contributed by atoms with Crippen LogP contribution in [-0.2, 0) is 11.2 Å². The van der Waals surface area contributed by atoms with Crippen molar-refractivity contribution in [3.63, 3.8) is 0 Å². The van der Waals surface area contributed by atoms with Gasteiger partial charge in [0.1, 0.15) is 18.4 Å². The second-order valence-corrected chi connectivity index (χ2v) is 8.47. The van der Waals surface area contributed by atoms with Gasteiger partial charge >= 0.3 is 12.1 Å². The predicted octanol–water partition coefficient (Wildman–Crippen LogP) is 5.45. The summed E-state index contributed by atoms with van der Waals surface area (Å²) < 4.78 is 45.9. The quantitative estimate of drug-likeness (QED) is 0.506. The third-order valence-electron chi connectivity index (χ3n) is 5.48. The number of allylic oxidation sites excluding steroid dienone is 4. The van der Waals surface area contributed by atoms with Gasteiger partial charge in [0.25, 0.3) is 0 Å². The fourth-order valence-corrected chi connectivity index (χ4v) is 4.02. The Morgan fingerprint density at radius 3 is 2.35 bits per heavy atom. The van der Waals surface area contributed by atoms with Gasteiger partial charge in [-0.2, -0.15) is 13.2 Å². The number of alkyl halides is 4. The molecule has 2 aromatic carbocycles. The van der Waals surface area contributed by atoms with Crippen molar-refractivity contribution in [2.24, 2.45) is 0 Å². The van der Waals surface area contributed by atoms with Gasteiger partial charge in [0.2, 0.25) is 0 Å². The number of ether oxygens (including phenoxy) is 1. The number of hydrogen-bond donors (Lipinski definition) is 2. The van der Waals surface area contributed by atoms with E-state index < -0.39 is 23.6 Å². The van der Waals surface area contributed by atoms with Crippen molar-refractivity contribution in [1.82, 2.24) is 10.4 Å². The highest BCUT2D eigenvalue weighted by atomic mass is 35.5. The first-order valence-electron chi connectivity index (χ1n) is 10.6. The first-order valence-corrected chi connectivity index (χ1v) is 11.0. The summed E-state index contributed by atoms with van der Waals surface area (Å²) in [6, 6.07) is 12.5. The lowest BCUT2D eigenvalue weighted by Crippen LogP contribution is -2.46. The second kappa shape index (κ2) is 9.95. The lowest BCUT2D eigenvalue weighted by atomic mass is 10.0. The Labute approximate surface area is 199 Å². The molecule has 0 spiro atoms. The summed E-state index contributed by atoms with van der Waals surface area (Å²) in [6.07, 6.45) is 2.46. The number of benzene rings is 2. The fourth-order valence-electron chi connectivity index (χ4n) is 3.74. The number of carboxylic acid groups (broad SMARTS) is 1. The Morgan fingerprint density at radius 2 is 1.76 bits per heavy atom. The summed E-state index contributed by atoms with van der Waals surface area (Å²) in [5.74, 6) is -0.387. The maximum Gasteiger partial charge on any atom is 0.409 e. The lowest BCUT2D eigenvalue weighted by molar-refractivity contribution is -0.148. The summed E-state index contributed by atoms with van der Waals surface area (Å²) in [4.78, 5) is 10.8. The van der Waals surface area contributed by atoms with E-state index in [4.69, 9.17) is 21.4 Å². The molecule has 0 amide bonds. The van der Waals surface area contributed by atoms with Crippen LogP contribution >= 0.6 is 11.6 Å². The van der Waals surface area contributed by atoms with Crippen molar-refractivity contribution in [2.75, 3.05) is 6.61 Å². The molecule has 34 heavy (non-hydrogen) atoms. The molecule has 4 rings (SSSR count). The number of hydrazine groups is 1. The van der Waals surface area contributed by atoms with Crippen molar-refractivity contribution in [3.05, 3.63) is 89.8 Å². The first kappa shape index (κ1) is 23.9. The van der Waals surface area contributed by atoms with Crippen LogP contribution in [0.1, 0.15) is 12.0 Å². The number of aliphatic carboxylic acids is 1. The zero-order chi connectivity index (χ0) is 24.3. The van der Waals surface area contributed by atoms with E-state index in [0.717, 1.165) is 17.2 Å². The smallest absolute Gasteiger partial charge is 0.409 e. The summed E-state index contributed by atoms with van der Waals surface area (Å²) in [6.45, 7) is -0.0759. The maximum absolute atomic E-state index is 13.4. The summed E-state index contributed by atoms with van der Waals surface area (Å²) >= 11 is 6.34. The molecule has 0 saturated heterocycles. The Bertz CT molecular complexity index is 1130. The van der Waals surface area contributed by atoms with Crippen LogP contribution in [0.4, 0.5) is 13.2 Å². The second-order valence-electron chi connectivity index (χ2n) is 7.95. The minimum absolute atomic E-state index is 0.0400. The minimum atomic E-state index is -4.45. The summed E-state index contributed by atoms with van der Waals surface area (Å²) in [5, 5.41) is 9.80. The molecule has 0 saturated carbocycles. The molecule has 5 nitrogen and oxygen atoms in total. The number of nitrogens with zero attached hydrogens (tertiary/aromatic N) is 1. The minimum Gasteiger partial charge on any atom is -0.487 e. The van der Waals surface area contributed by atoms with Gasteiger partial charge in [-0.3, -0.25) is 9.80 Å². The van der Waals surface area contributed by atoms with E-state index >= 15 is 0 Å². The highest BCUT2D eigenvalue weighted by Gasteiger charge is 2.44. The zero-order valence-electron chi connectivity index (χ0n) is 17.9. The Kier molecular flexibility index (Phi) is 7.00. The molecule has 2 aliphatic rings. The van der Waals surface area contributed by atoms with E-state index in [-0.39, 0.29) is 13.0 Å². The highest BCUT2D eigenvalue weighted by Crippen LogP contribution is 2.33. The number of nitrogens with one attached hydrogen (secondary N) is 1. The number of carboxylic acids is 1. The molecule has 2 N–H and O–H groups in total. The van der Waals surface area contributed by atoms with Gasteiger partial charge in [-0.15, -0.1) is 11.6 Å². The Morgan fingerprint density at radius 1 is 1.12 bits per heavy atom. The monoisotopic (exact) mass is 490 g/mol. The van der Waals surface area contributed by atoms with Crippen molar-refractivity contribution >= 4 is 17.6 Å². The van der Waals surface area contributed by atoms with E-state index in [9.17, 15) is 18.0 Å². The van der Waals surface area contributed by atoms with Gasteiger partial charge in [-0.05, 0) is 47.4 Å². The van der Waals surface area contributed by atoms with Crippen LogP contribution in [0.25, 0.3) is 11.1 Å². The normalized spacial score (nSPS) is 20.2. The molecule has 0 bridgehead atoms. The number of halogens is 4. The van der Waals surface area contributed by atoms with Crippen LogP contribution < -0.4 is 10.2 Å². The van der Waals surface area contributed by atoms with E-state index in [1.807, 2.05) is 30.3 Å². The standard InChI is InChI=1S/C25H22ClF3N2O3/c26-21-3-1-2-4-22(21)31-19(14-23(30-31)25(27,28)29)15-34-20-11-9-18(10-12-20)17-7-5-16(6-8-17)13-24(32)33/h1-2,4-12,14,21,23,30H,3,13,15H2,(H,32,33). The van der Waals surface area contributed by atoms with Crippen molar-refractivity contribution in [2.45, 2.75) is 30.4 Å². The Balaban J connectivity index is 1.45. The molecule has 1 aliphatic heterocycles. The topological polar surface area (TPSA) is 61.8 Å². The molecule has 1 heterocycles. The third-order valence-corrected chi connectivity index (χ3v) is 5.88. The van der Waals surface area contributed by atoms with Gasteiger partial charge < -0.3 is 9.84 Å². The van der Waals surface area contributed by atoms with E-state index in [1.165, 1.54) is 5.01 Å². The Hall–Kier alpha value is -3.23. The third kappa shape index (κ3) is 5.63. The van der Waals surface area contributed by atoms with Gasteiger partial charge in [0.05, 0.1) is 23.2 Å². The fraction of sp³-hybridized carbons (Fsp3) is 0.240. The maximum atomic E-state index is 13.4. The summed E-state index contributed by atoms with van der Waals surface area (Å²) in [7, 11) is 0. The van der Waals surface area contributed by atoms with Gasteiger partial charge in [-0.1, -0.05) is 48.6 Å². The molecule has 0 fully saturated rings. The van der Waals surface area contributed by atoms with E-state index in [2.05, 4.69) is 5.43 Å². The van der Waals surface area contributed by atoms with Crippen LogP contribution in [0.2, 0.25) is 0 Å². The van der Waals surface area contributed by atoms with Gasteiger partial charge in [0.15, 0.2) is 0 Å². The van der Waals surface area contributed by atoms with E-state index in [1.54, 1.807) is 36.4 Å². The van der Waals surface area contributed by atoms with Crippen molar-refractivity contribution < 1.29 is 27.8 Å². The molecular weight excluding hydrogens is 469 g/mol. The number of hydrogen-bond acceptors (Lipinski definition) is 4. The van der Waals surface area contributed by atoms with Crippen LogP contribution in [0.5, 0.6) is 5.75 Å². The van der Waals surface area contributed by atoms with Crippen molar-refractivity contribution in [3.8, 4) is 16.9 Å². The molecule has 2 atom stereocenters. The average molecular weight is 491 g/mol. The molecule has 0 aromatic heterocycles. The van der Waals surface area contributed by atoms with Crippen molar-refractivity contribution in [1.29, 1.82) is 0 Å². The molecule has 2 unspecified atom stereocenters. The molecule has 0 radical (unpaired) electrons. The zero-order valence-corrected chi connectivity index (χ0v) is 18.7.